The van der Waals surface area contributed by atoms with Crippen LogP contribution in [-0.4, -0.2) is 43.7 Å². The predicted octanol–water partition coefficient (Wildman–Crippen LogP) is 2.13. The first kappa shape index (κ1) is 16.0. The Balaban J connectivity index is 1.75. The van der Waals surface area contributed by atoms with E-state index >= 15 is 0 Å². The van der Waals surface area contributed by atoms with Crippen LogP contribution in [-0.2, 0) is 4.79 Å². The number of carbonyl (C=O) groups is 1. The Labute approximate surface area is 129 Å². The Kier molecular flexibility index (Phi) is 6.20. The molecule has 6 heteroatoms. The molecule has 0 aromatic heterocycles. The van der Waals surface area contributed by atoms with Gasteiger partial charge in [0.1, 0.15) is 13.2 Å². The molecule has 0 saturated heterocycles. The first-order valence-corrected chi connectivity index (χ1v) is 8.41. The monoisotopic (exact) mass is 310 g/mol. The maximum Gasteiger partial charge on any atom is 0.238 e. The topological polar surface area (TPSA) is 59.6 Å². The summed E-state index contributed by atoms with van der Waals surface area (Å²) >= 11 is 1.83. The van der Waals surface area contributed by atoms with Crippen LogP contribution in [0.1, 0.15) is 13.3 Å². The van der Waals surface area contributed by atoms with Gasteiger partial charge in [-0.05, 0) is 31.4 Å². The van der Waals surface area contributed by atoms with Gasteiger partial charge in [-0.1, -0.05) is 6.92 Å². The fourth-order valence-corrected chi connectivity index (χ4v) is 2.30. The highest BCUT2D eigenvalue weighted by atomic mass is 32.2. The van der Waals surface area contributed by atoms with E-state index in [-0.39, 0.29) is 5.91 Å². The summed E-state index contributed by atoms with van der Waals surface area (Å²) in [5, 5.41) is 6.61. The van der Waals surface area contributed by atoms with Gasteiger partial charge in [0.2, 0.25) is 5.91 Å². The number of ether oxygens (including phenoxy) is 2. The van der Waals surface area contributed by atoms with Crippen molar-refractivity contribution in [3.05, 3.63) is 18.2 Å². The van der Waals surface area contributed by atoms with E-state index in [1.54, 1.807) is 6.07 Å². The Morgan fingerprint density at radius 1 is 1.33 bits per heavy atom. The highest BCUT2D eigenvalue weighted by Gasteiger charge is 2.12. The molecule has 0 bridgehead atoms. The van der Waals surface area contributed by atoms with Gasteiger partial charge in [-0.25, -0.2) is 0 Å². The van der Waals surface area contributed by atoms with Crippen LogP contribution in [0.4, 0.5) is 5.69 Å². The third-order valence-electron chi connectivity index (χ3n) is 3.24. The molecule has 1 aromatic carbocycles. The summed E-state index contributed by atoms with van der Waals surface area (Å²) in [5.74, 6) is 1.35. The fraction of sp³-hybridized carbons (Fsp3) is 0.533. The van der Waals surface area contributed by atoms with E-state index in [0.29, 0.717) is 30.8 Å². The Morgan fingerprint density at radius 2 is 2.10 bits per heavy atom. The minimum absolute atomic E-state index is 0.0523. The van der Waals surface area contributed by atoms with E-state index < -0.39 is 0 Å². The lowest BCUT2D eigenvalue weighted by molar-refractivity contribution is -0.115. The van der Waals surface area contributed by atoms with Gasteiger partial charge in [-0.3, -0.25) is 4.79 Å². The minimum atomic E-state index is -0.0523. The van der Waals surface area contributed by atoms with Gasteiger partial charge in [0.15, 0.2) is 11.5 Å². The molecule has 1 aliphatic rings. The number of thioether (sulfide) groups is 1. The summed E-state index contributed by atoms with van der Waals surface area (Å²) in [5.41, 5.74) is 0.725. The van der Waals surface area contributed by atoms with Crippen molar-refractivity contribution in [2.45, 2.75) is 18.6 Å². The molecule has 116 valence electrons. The second-order valence-corrected chi connectivity index (χ2v) is 6.19. The van der Waals surface area contributed by atoms with Crippen LogP contribution in [0.25, 0.3) is 0 Å². The number of rotatable bonds is 7. The molecule has 1 heterocycles. The summed E-state index contributed by atoms with van der Waals surface area (Å²) < 4.78 is 10.9. The number of hydrogen-bond acceptors (Lipinski definition) is 5. The van der Waals surface area contributed by atoms with Gasteiger partial charge in [0.25, 0.3) is 0 Å². The number of amides is 1. The van der Waals surface area contributed by atoms with Crippen molar-refractivity contribution in [3.63, 3.8) is 0 Å². The highest BCUT2D eigenvalue weighted by molar-refractivity contribution is 7.99. The number of fused-ring (bicyclic) bond motifs is 1. The molecular formula is C15H22N2O3S. The average molecular weight is 310 g/mol. The van der Waals surface area contributed by atoms with Crippen molar-refractivity contribution in [1.29, 1.82) is 0 Å². The van der Waals surface area contributed by atoms with E-state index in [4.69, 9.17) is 9.47 Å². The quantitative estimate of drug-likeness (QED) is 0.756. The standard InChI is InChI=1S/C15H22N2O3S/c1-11(21-2)5-6-16-10-15(18)17-12-3-4-13-14(9-12)20-8-7-19-13/h3-4,9,11,16H,5-8,10H2,1-2H3,(H,17,18). The van der Waals surface area contributed by atoms with E-state index in [9.17, 15) is 4.79 Å². The van der Waals surface area contributed by atoms with Crippen LogP contribution in [0.3, 0.4) is 0 Å². The molecule has 0 spiro atoms. The highest BCUT2D eigenvalue weighted by Crippen LogP contribution is 2.32. The lowest BCUT2D eigenvalue weighted by Gasteiger charge is -2.19. The SMILES string of the molecule is CSC(C)CCNCC(=O)Nc1ccc2c(c1)OCCO2. The molecule has 0 fully saturated rings. The van der Waals surface area contributed by atoms with Gasteiger partial charge in [0.05, 0.1) is 6.54 Å². The Morgan fingerprint density at radius 3 is 2.86 bits per heavy atom. The van der Waals surface area contributed by atoms with Crippen LogP contribution in [0.2, 0.25) is 0 Å². The Hall–Kier alpha value is -1.40. The van der Waals surface area contributed by atoms with Crippen LogP contribution >= 0.6 is 11.8 Å². The van der Waals surface area contributed by atoms with Crippen molar-refractivity contribution in [2.75, 3.05) is 37.9 Å². The summed E-state index contributed by atoms with van der Waals surface area (Å²) in [4.78, 5) is 11.8. The summed E-state index contributed by atoms with van der Waals surface area (Å²) in [6.45, 7) is 4.45. The smallest absolute Gasteiger partial charge is 0.238 e. The van der Waals surface area contributed by atoms with Crippen LogP contribution in [0.5, 0.6) is 11.5 Å². The first-order chi connectivity index (χ1) is 10.2. The molecule has 0 radical (unpaired) electrons. The molecule has 1 amide bonds. The number of anilines is 1. The third-order valence-corrected chi connectivity index (χ3v) is 4.28. The predicted molar refractivity (Wildman–Crippen MR) is 86.5 cm³/mol. The number of hydrogen-bond donors (Lipinski definition) is 2. The molecule has 0 aliphatic carbocycles. The van der Waals surface area contributed by atoms with Gasteiger partial charge < -0.3 is 20.1 Å². The molecular weight excluding hydrogens is 288 g/mol. The fourth-order valence-electron chi connectivity index (χ4n) is 1.95. The summed E-state index contributed by atoms with van der Waals surface area (Å²) in [6, 6.07) is 5.43. The van der Waals surface area contributed by atoms with Crippen molar-refractivity contribution >= 4 is 23.4 Å². The van der Waals surface area contributed by atoms with Gasteiger partial charge in [-0.2, -0.15) is 11.8 Å². The zero-order valence-corrected chi connectivity index (χ0v) is 13.3. The molecule has 2 N–H and O–H groups in total. The third kappa shape index (κ3) is 5.13. The molecule has 5 nitrogen and oxygen atoms in total. The van der Waals surface area contributed by atoms with Crippen molar-refractivity contribution in [1.82, 2.24) is 5.32 Å². The molecule has 1 unspecified atom stereocenters. The lowest BCUT2D eigenvalue weighted by atomic mass is 10.2. The Bertz CT molecular complexity index is 482. The lowest BCUT2D eigenvalue weighted by Crippen LogP contribution is -2.29. The molecule has 21 heavy (non-hydrogen) atoms. The van der Waals surface area contributed by atoms with E-state index in [1.165, 1.54) is 0 Å². The summed E-state index contributed by atoms with van der Waals surface area (Å²) in [6.07, 6.45) is 3.15. The zero-order valence-electron chi connectivity index (χ0n) is 12.5. The summed E-state index contributed by atoms with van der Waals surface area (Å²) in [7, 11) is 0. The first-order valence-electron chi connectivity index (χ1n) is 7.12. The molecule has 1 atom stereocenters. The van der Waals surface area contributed by atoms with E-state index in [2.05, 4.69) is 23.8 Å². The van der Waals surface area contributed by atoms with Crippen LogP contribution in [0.15, 0.2) is 18.2 Å². The minimum Gasteiger partial charge on any atom is -0.486 e. The normalized spacial score (nSPS) is 14.6. The molecule has 0 saturated carbocycles. The molecule has 2 rings (SSSR count). The molecule has 1 aromatic rings. The largest absolute Gasteiger partial charge is 0.486 e. The van der Waals surface area contributed by atoms with Gasteiger partial charge >= 0.3 is 0 Å². The van der Waals surface area contributed by atoms with Crippen molar-refractivity contribution in [3.8, 4) is 11.5 Å². The second kappa shape index (κ2) is 8.14. The van der Waals surface area contributed by atoms with Gasteiger partial charge in [-0.15, -0.1) is 0 Å². The number of nitrogens with one attached hydrogen (secondary N) is 2. The van der Waals surface area contributed by atoms with Crippen LogP contribution < -0.4 is 20.1 Å². The van der Waals surface area contributed by atoms with Gasteiger partial charge in [0, 0.05) is 17.0 Å². The van der Waals surface area contributed by atoms with E-state index in [0.717, 1.165) is 24.4 Å². The zero-order chi connectivity index (χ0) is 15.1. The van der Waals surface area contributed by atoms with Crippen molar-refractivity contribution in [2.24, 2.45) is 0 Å². The van der Waals surface area contributed by atoms with Crippen molar-refractivity contribution < 1.29 is 14.3 Å². The average Bonchev–Trinajstić information content (AvgIpc) is 2.51. The van der Waals surface area contributed by atoms with E-state index in [1.807, 2.05) is 23.9 Å². The maximum absolute atomic E-state index is 11.8. The molecule has 1 aliphatic heterocycles. The van der Waals surface area contributed by atoms with Crippen LogP contribution in [0, 0.1) is 0 Å². The second-order valence-electron chi connectivity index (χ2n) is 4.92. The number of benzene rings is 1. The maximum atomic E-state index is 11.8. The number of carbonyl (C=O) groups excluding carboxylic acids is 1.